The van der Waals surface area contributed by atoms with E-state index in [0.717, 1.165) is 12.5 Å². The number of nitrogens with zero attached hydrogens (tertiary/aromatic N) is 3. The third-order valence-corrected chi connectivity index (χ3v) is 5.20. The molecule has 0 fully saturated rings. The van der Waals surface area contributed by atoms with Crippen molar-refractivity contribution in [2.75, 3.05) is 17.2 Å². The molecular weight excluding hydrogens is 510 g/mol. The van der Waals surface area contributed by atoms with E-state index in [4.69, 9.17) is 4.74 Å². The van der Waals surface area contributed by atoms with Crippen molar-refractivity contribution in [3.63, 3.8) is 0 Å². The fourth-order valence-electron chi connectivity index (χ4n) is 3.46. The number of hydrogen-bond acceptors (Lipinski definition) is 10. The number of esters is 2. The Kier molecular flexibility index (Phi) is 10.3. The van der Waals surface area contributed by atoms with Crippen LogP contribution in [0.5, 0.6) is 0 Å². The molecule has 14 heteroatoms. The molecule has 3 aromatic rings. The van der Waals surface area contributed by atoms with E-state index in [1.165, 1.54) is 17.0 Å². The summed E-state index contributed by atoms with van der Waals surface area (Å²) in [4.78, 5) is 71.1. The number of anilines is 2. The summed E-state index contributed by atoms with van der Waals surface area (Å²) in [6.45, 7) is 2.84. The molecule has 0 aliphatic rings. The number of carbonyl (C=O) groups excluding carboxylic acids is 4. The minimum absolute atomic E-state index is 0.00218. The first-order valence-corrected chi connectivity index (χ1v) is 12.0. The van der Waals surface area contributed by atoms with Gasteiger partial charge in [-0.3, -0.25) is 24.3 Å². The normalized spacial score (nSPS) is 11.2. The van der Waals surface area contributed by atoms with Crippen LogP contribution in [0.2, 0.25) is 0 Å². The molecular formula is C25H29N7O7. The number of imidazole rings is 1. The molecule has 4 N–H and O–H groups in total. The molecule has 0 saturated carbocycles. The molecule has 3 rings (SSSR count). The Morgan fingerprint density at radius 1 is 1.15 bits per heavy atom. The summed E-state index contributed by atoms with van der Waals surface area (Å²) < 4.78 is 11.0. The lowest BCUT2D eigenvalue weighted by molar-refractivity contribution is -0.158. The van der Waals surface area contributed by atoms with E-state index in [1.807, 2.05) is 6.07 Å². The van der Waals surface area contributed by atoms with Crippen LogP contribution in [0, 0.1) is 6.92 Å². The molecule has 0 bridgehead atoms. The summed E-state index contributed by atoms with van der Waals surface area (Å²) in [5, 5.41) is 8.07. The number of rotatable bonds is 12. The van der Waals surface area contributed by atoms with Gasteiger partial charge in [-0.05, 0) is 12.5 Å². The van der Waals surface area contributed by atoms with Crippen molar-refractivity contribution in [3.05, 3.63) is 70.5 Å². The molecule has 1 atom stereocenters. The van der Waals surface area contributed by atoms with Crippen molar-refractivity contribution in [1.29, 1.82) is 0 Å². The maximum absolute atomic E-state index is 12.7. The average Bonchev–Trinajstić information content (AvgIpc) is 3.38. The number of amides is 2. The lowest BCUT2D eigenvalue weighted by Gasteiger charge is -2.19. The molecule has 1 aromatic carbocycles. The largest absolute Gasteiger partial charge is 0.445 e. The number of hydrogen-bond donors (Lipinski definition) is 4. The minimum Gasteiger partial charge on any atom is -0.445 e. The highest BCUT2D eigenvalue weighted by molar-refractivity contribution is 5.89. The second-order valence-corrected chi connectivity index (χ2v) is 8.44. The number of H-pyrrole nitrogens is 1. The fourth-order valence-corrected chi connectivity index (χ4v) is 3.46. The predicted molar refractivity (Wildman–Crippen MR) is 138 cm³/mol. The van der Waals surface area contributed by atoms with E-state index in [0.29, 0.717) is 11.5 Å². The number of carbonyl (C=O) groups is 4. The summed E-state index contributed by atoms with van der Waals surface area (Å²) in [6.07, 6.45) is 3.48. The van der Waals surface area contributed by atoms with E-state index in [2.05, 4.69) is 35.6 Å². The van der Waals surface area contributed by atoms with Crippen LogP contribution in [0.3, 0.4) is 0 Å². The van der Waals surface area contributed by atoms with Gasteiger partial charge in [-0.25, -0.2) is 14.6 Å². The third-order valence-electron chi connectivity index (χ3n) is 5.20. The Bertz CT molecular complexity index is 1340. The van der Waals surface area contributed by atoms with Crippen LogP contribution in [-0.2, 0) is 37.0 Å². The maximum atomic E-state index is 12.7. The highest BCUT2D eigenvalue weighted by Gasteiger charge is 2.21. The van der Waals surface area contributed by atoms with Crippen LogP contribution in [0.1, 0.15) is 30.9 Å². The van der Waals surface area contributed by atoms with Crippen molar-refractivity contribution in [1.82, 2.24) is 24.8 Å². The molecule has 39 heavy (non-hydrogen) atoms. The summed E-state index contributed by atoms with van der Waals surface area (Å²) in [7, 11) is 0. The van der Waals surface area contributed by atoms with Gasteiger partial charge in [0.25, 0.3) is 0 Å². The molecule has 2 aromatic heterocycles. The highest BCUT2D eigenvalue weighted by Crippen LogP contribution is 2.10. The zero-order valence-electron chi connectivity index (χ0n) is 21.4. The first-order valence-electron chi connectivity index (χ1n) is 12.0. The van der Waals surface area contributed by atoms with Crippen molar-refractivity contribution >= 4 is 35.7 Å². The first-order chi connectivity index (χ1) is 18.7. The number of ether oxygens (including phenoxy) is 2. The molecule has 1 unspecified atom stereocenters. The SMILES string of the molecule is CC(=O)OC(=O)CC(Cn1cc(C)c(NCCC(=O)Nc2ncc[nH]2)nc1=O)NC(=O)OCc1ccccc1. The van der Waals surface area contributed by atoms with Gasteiger partial charge in [-0.1, -0.05) is 30.3 Å². The number of aromatic nitrogens is 4. The summed E-state index contributed by atoms with van der Waals surface area (Å²) in [5.41, 5.74) is 0.683. The second kappa shape index (κ2) is 14.1. The maximum Gasteiger partial charge on any atom is 0.407 e. The molecule has 0 radical (unpaired) electrons. The van der Waals surface area contributed by atoms with E-state index >= 15 is 0 Å². The van der Waals surface area contributed by atoms with Crippen molar-refractivity contribution in [2.45, 2.75) is 45.9 Å². The number of alkyl carbamates (subject to hydrolysis) is 1. The molecule has 206 valence electrons. The van der Waals surface area contributed by atoms with Crippen LogP contribution in [-0.4, -0.2) is 56.0 Å². The first kappa shape index (κ1) is 28.6. The van der Waals surface area contributed by atoms with Crippen LogP contribution in [0.25, 0.3) is 0 Å². The Morgan fingerprint density at radius 3 is 2.62 bits per heavy atom. The summed E-state index contributed by atoms with van der Waals surface area (Å²) in [6, 6.07) is 8.05. The number of benzene rings is 1. The topological polar surface area (TPSA) is 186 Å². The van der Waals surface area contributed by atoms with Gasteiger partial charge in [0, 0.05) is 50.6 Å². The Balaban J connectivity index is 1.61. The highest BCUT2D eigenvalue weighted by atomic mass is 16.6. The molecule has 2 amide bonds. The van der Waals surface area contributed by atoms with E-state index in [1.54, 1.807) is 37.4 Å². The standard InChI is InChI=1S/C25H29N7O7/c1-16-13-32(24(36)31-22(16)26-9-8-20(34)30-23-27-10-11-28-23)14-19(12-21(35)39-17(2)33)29-25(37)38-15-18-6-4-3-5-7-18/h3-7,10-11,13,19H,8-9,12,14-15H2,1-2H3,(H,29,37)(H,26,31,36)(H2,27,28,30,34). The molecule has 0 aliphatic heterocycles. The van der Waals surface area contributed by atoms with E-state index in [-0.39, 0.29) is 37.8 Å². The zero-order chi connectivity index (χ0) is 28.2. The number of aromatic amines is 1. The molecule has 2 heterocycles. The van der Waals surface area contributed by atoms with Crippen LogP contribution in [0.15, 0.2) is 53.7 Å². The van der Waals surface area contributed by atoms with Crippen LogP contribution < -0.4 is 21.6 Å². The van der Waals surface area contributed by atoms with Gasteiger partial charge in [-0.15, -0.1) is 0 Å². The molecule has 0 aliphatic carbocycles. The zero-order valence-corrected chi connectivity index (χ0v) is 21.4. The smallest absolute Gasteiger partial charge is 0.407 e. The molecule has 0 spiro atoms. The third kappa shape index (κ3) is 9.76. The van der Waals surface area contributed by atoms with Gasteiger partial charge >= 0.3 is 23.7 Å². The lowest BCUT2D eigenvalue weighted by Crippen LogP contribution is -2.42. The Hall–Kier alpha value is -5.01. The van der Waals surface area contributed by atoms with Crippen LogP contribution in [0.4, 0.5) is 16.6 Å². The number of aryl methyl sites for hydroxylation is 1. The van der Waals surface area contributed by atoms with Gasteiger partial charge < -0.3 is 25.1 Å². The van der Waals surface area contributed by atoms with Gasteiger partial charge in [0.1, 0.15) is 12.4 Å². The van der Waals surface area contributed by atoms with Gasteiger partial charge in [0.2, 0.25) is 11.9 Å². The van der Waals surface area contributed by atoms with Crippen LogP contribution >= 0.6 is 0 Å². The van der Waals surface area contributed by atoms with Gasteiger partial charge in [0.15, 0.2) is 0 Å². The minimum atomic E-state index is -0.942. The van der Waals surface area contributed by atoms with Gasteiger partial charge in [-0.2, -0.15) is 4.98 Å². The quantitative estimate of drug-likeness (QED) is 0.194. The molecule has 0 saturated heterocycles. The van der Waals surface area contributed by atoms with Crippen molar-refractivity contribution < 1.29 is 28.7 Å². The van der Waals surface area contributed by atoms with E-state index < -0.39 is 36.2 Å². The van der Waals surface area contributed by atoms with Crippen molar-refractivity contribution in [2.24, 2.45) is 0 Å². The molecule has 14 nitrogen and oxygen atoms in total. The summed E-state index contributed by atoms with van der Waals surface area (Å²) >= 11 is 0. The van der Waals surface area contributed by atoms with E-state index in [9.17, 15) is 24.0 Å². The van der Waals surface area contributed by atoms with Gasteiger partial charge in [0.05, 0.1) is 12.5 Å². The number of nitrogens with one attached hydrogen (secondary N) is 4. The van der Waals surface area contributed by atoms with Crippen molar-refractivity contribution in [3.8, 4) is 0 Å². The summed E-state index contributed by atoms with van der Waals surface area (Å²) in [5.74, 6) is -1.34. The second-order valence-electron chi connectivity index (χ2n) is 8.44. The lowest BCUT2D eigenvalue weighted by atomic mass is 10.2. The monoisotopic (exact) mass is 539 g/mol. The predicted octanol–water partition coefficient (Wildman–Crippen LogP) is 1.49. The average molecular weight is 540 g/mol. The Labute approximate surface area is 223 Å². The fraction of sp³-hybridized carbons (Fsp3) is 0.320. The Morgan fingerprint density at radius 2 is 1.92 bits per heavy atom.